The second-order valence-electron chi connectivity index (χ2n) is 6.70. The van der Waals surface area contributed by atoms with Gasteiger partial charge in [0, 0.05) is 12.6 Å². The summed E-state index contributed by atoms with van der Waals surface area (Å²) in [4.78, 5) is 26.3. The number of esters is 1. The molecule has 2 aliphatic rings. The smallest absolute Gasteiger partial charge is 0.338 e. The highest BCUT2D eigenvalue weighted by molar-refractivity contribution is 5.91. The first-order valence-electron chi connectivity index (χ1n) is 8.73. The van der Waals surface area contributed by atoms with Gasteiger partial charge in [0.25, 0.3) is 5.91 Å². The van der Waals surface area contributed by atoms with Crippen LogP contribution < -0.4 is 0 Å². The average molecular weight is 315 g/mol. The van der Waals surface area contributed by atoms with Crippen molar-refractivity contribution in [1.29, 1.82) is 0 Å². The Labute approximate surface area is 137 Å². The number of hydrogen-bond acceptors (Lipinski definition) is 3. The van der Waals surface area contributed by atoms with Gasteiger partial charge in [-0.1, -0.05) is 6.07 Å². The van der Waals surface area contributed by atoms with Gasteiger partial charge in [-0.2, -0.15) is 0 Å². The van der Waals surface area contributed by atoms with E-state index in [4.69, 9.17) is 4.74 Å². The summed E-state index contributed by atoms with van der Waals surface area (Å²) >= 11 is 0. The Kier molecular flexibility index (Phi) is 4.99. The number of amides is 1. The molecule has 1 fully saturated rings. The van der Waals surface area contributed by atoms with E-state index in [1.165, 1.54) is 30.4 Å². The first kappa shape index (κ1) is 16.0. The number of hydrogen-bond donors (Lipinski definition) is 0. The van der Waals surface area contributed by atoms with Gasteiger partial charge >= 0.3 is 5.97 Å². The fraction of sp³-hybridized carbons (Fsp3) is 0.579. The van der Waals surface area contributed by atoms with Gasteiger partial charge in [-0.3, -0.25) is 4.79 Å². The zero-order valence-electron chi connectivity index (χ0n) is 13.8. The van der Waals surface area contributed by atoms with Crippen LogP contribution in [0.25, 0.3) is 0 Å². The Morgan fingerprint density at radius 3 is 2.70 bits per heavy atom. The highest BCUT2D eigenvalue weighted by Crippen LogP contribution is 2.22. The van der Waals surface area contributed by atoms with E-state index in [0.29, 0.717) is 5.56 Å². The van der Waals surface area contributed by atoms with E-state index in [2.05, 4.69) is 6.92 Å². The van der Waals surface area contributed by atoms with E-state index in [9.17, 15) is 9.59 Å². The van der Waals surface area contributed by atoms with Crippen LogP contribution in [0.15, 0.2) is 18.2 Å². The first-order chi connectivity index (χ1) is 11.1. The maximum absolute atomic E-state index is 12.2. The lowest BCUT2D eigenvalue weighted by atomic mass is 9.90. The zero-order chi connectivity index (χ0) is 16.2. The molecule has 0 spiro atoms. The third-order valence-corrected chi connectivity index (χ3v) is 5.03. The minimum atomic E-state index is -0.392. The summed E-state index contributed by atoms with van der Waals surface area (Å²) in [5, 5.41) is 0. The SMILES string of the molecule is CC1CCCCN1C(=O)COC(=O)c1ccc2c(c1)CCCC2. The van der Waals surface area contributed by atoms with Crippen molar-refractivity contribution in [3.8, 4) is 0 Å². The molecule has 1 heterocycles. The van der Waals surface area contributed by atoms with Gasteiger partial charge < -0.3 is 9.64 Å². The number of piperidine rings is 1. The maximum atomic E-state index is 12.2. The lowest BCUT2D eigenvalue weighted by molar-refractivity contribution is -0.137. The van der Waals surface area contributed by atoms with E-state index in [-0.39, 0.29) is 18.6 Å². The van der Waals surface area contributed by atoms with Gasteiger partial charge in [0.2, 0.25) is 0 Å². The van der Waals surface area contributed by atoms with E-state index in [0.717, 1.165) is 32.2 Å². The molecule has 0 bridgehead atoms. The quantitative estimate of drug-likeness (QED) is 0.805. The van der Waals surface area contributed by atoms with E-state index in [1.807, 2.05) is 23.1 Å². The van der Waals surface area contributed by atoms with Crippen LogP contribution in [0.4, 0.5) is 0 Å². The summed E-state index contributed by atoms with van der Waals surface area (Å²) in [5.41, 5.74) is 3.15. The Hall–Kier alpha value is -1.84. The summed E-state index contributed by atoms with van der Waals surface area (Å²) < 4.78 is 5.25. The normalized spacial score (nSPS) is 20.7. The van der Waals surface area contributed by atoms with Crippen LogP contribution in [0.2, 0.25) is 0 Å². The molecule has 0 N–H and O–H groups in total. The molecule has 0 saturated carbocycles. The standard InChI is InChI=1S/C19H25NO3/c1-14-6-4-5-11-20(14)18(21)13-23-19(22)17-10-9-15-7-2-3-8-16(15)12-17/h9-10,12,14H,2-8,11,13H2,1H3. The molecule has 4 nitrogen and oxygen atoms in total. The van der Waals surface area contributed by atoms with Crippen LogP contribution in [0, 0.1) is 0 Å². The van der Waals surface area contributed by atoms with Crippen LogP contribution in [0.3, 0.4) is 0 Å². The molecule has 3 rings (SSSR count). The van der Waals surface area contributed by atoms with Gasteiger partial charge in [-0.15, -0.1) is 0 Å². The van der Waals surface area contributed by atoms with Gasteiger partial charge in [-0.05, 0) is 75.1 Å². The van der Waals surface area contributed by atoms with Crippen LogP contribution in [0.5, 0.6) is 0 Å². The minimum Gasteiger partial charge on any atom is -0.452 e. The summed E-state index contributed by atoms with van der Waals surface area (Å²) in [7, 11) is 0. The van der Waals surface area contributed by atoms with Gasteiger partial charge in [0.1, 0.15) is 0 Å². The second-order valence-corrected chi connectivity index (χ2v) is 6.70. The van der Waals surface area contributed by atoms with Crippen molar-refractivity contribution in [1.82, 2.24) is 4.90 Å². The lowest BCUT2D eigenvalue weighted by Crippen LogP contribution is -2.44. The number of nitrogens with zero attached hydrogens (tertiary/aromatic N) is 1. The van der Waals surface area contributed by atoms with Crippen molar-refractivity contribution < 1.29 is 14.3 Å². The van der Waals surface area contributed by atoms with E-state index >= 15 is 0 Å². The van der Waals surface area contributed by atoms with Crippen molar-refractivity contribution in [2.75, 3.05) is 13.2 Å². The molecule has 0 aromatic heterocycles. The number of benzene rings is 1. The zero-order valence-corrected chi connectivity index (χ0v) is 13.8. The van der Waals surface area contributed by atoms with Crippen LogP contribution in [0.1, 0.15) is 60.5 Å². The summed E-state index contributed by atoms with van der Waals surface area (Å²) in [6.45, 7) is 2.68. The molecule has 1 saturated heterocycles. The number of fused-ring (bicyclic) bond motifs is 1. The summed E-state index contributed by atoms with van der Waals surface area (Å²) in [5.74, 6) is -0.472. The fourth-order valence-corrected chi connectivity index (χ4v) is 3.62. The Bertz CT molecular complexity index is 596. The Balaban J connectivity index is 1.57. The van der Waals surface area contributed by atoms with Gasteiger partial charge in [-0.25, -0.2) is 4.79 Å². The third kappa shape index (κ3) is 3.74. The predicted molar refractivity (Wildman–Crippen MR) is 88.4 cm³/mol. The number of rotatable bonds is 3. The van der Waals surface area contributed by atoms with Crippen molar-refractivity contribution in [3.63, 3.8) is 0 Å². The topological polar surface area (TPSA) is 46.6 Å². The number of carbonyl (C=O) groups excluding carboxylic acids is 2. The monoisotopic (exact) mass is 315 g/mol. The number of aryl methyl sites for hydroxylation is 2. The molecule has 124 valence electrons. The highest BCUT2D eigenvalue weighted by atomic mass is 16.5. The highest BCUT2D eigenvalue weighted by Gasteiger charge is 2.24. The molecule has 1 aromatic rings. The van der Waals surface area contributed by atoms with Crippen LogP contribution in [-0.2, 0) is 22.4 Å². The molecule has 1 amide bonds. The largest absolute Gasteiger partial charge is 0.452 e. The second kappa shape index (κ2) is 7.16. The molecular formula is C19H25NO3. The van der Waals surface area contributed by atoms with Crippen molar-refractivity contribution in [2.24, 2.45) is 0 Å². The van der Waals surface area contributed by atoms with Gasteiger partial charge in [0.05, 0.1) is 5.56 Å². The summed E-state index contributed by atoms with van der Waals surface area (Å²) in [6.07, 6.45) is 7.76. The van der Waals surface area contributed by atoms with E-state index in [1.54, 1.807) is 0 Å². The molecule has 0 radical (unpaired) electrons. The first-order valence-corrected chi connectivity index (χ1v) is 8.73. The molecular weight excluding hydrogens is 290 g/mol. The molecule has 23 heavy (non-hydrogen) atoms. The molecule has 1 aromatic carbocycles. The average Bonchev–Trinajstić information content (AvgIpc) is 2.59. The Morgan fingerprint density at radius 2 is 1.91 bits per heavy atom. The van der Waals surface area contributed by atoms with Crippen molar-refractivity contribution in [3.05, 3.63) is 34.9 Å². The number of carbonyl (C=O) groups is 2. The maximum Gasteiger partial charge on any atom is 0.338 e. The van der Waals surface area contributed by atoms with Crippen LogP contribution >= 0.6 is 0 Å². The predicted octanol–water partition coefficient (Wildman–Crippen LogP) is 3.12. The van der Waals surface area contributed by atoms with Crippen molar-refractivity contribution >= 4 is 11.9 Å². The minimum absolute atomic E-state index is 0.0801. The summed E-state index contributed by atoms with van der Waals surface area (Å²) in [6, 6.07) is 6.03. The van der Waals surface area contributed by atoms with Crippen LogP contribution in [-0.4, -0.2) is 36.0 Å². The molecule has 1 unspecified atom stereocenters. The lowest BCUT2D eigenvalue weighted by Gasteiger charge is -2.33. The third-order valence-electron chi connectivity index (χ3n) is 5.03. The number of ether oxygens (including phenoxy) is 1. The molecule has 4 heteroatoms. The molecule has 1 atom stereocenters. The number of likely N-dealkylation sites (tertiary alicyclic amines) is 1. The molecule has 1 aliphatic heterocycles. The van der Waals surface area contributed by atoms with E-state index < -0.39 is 5.97 Å². The Morgan fingerprint density at radius 1 is 1.13 bits per heavy atom. The van der Waals surface area contributed by atoms with Gasteiger partial charge in [0.15, 0.2) is 6.61 Å². The van der Waals surface area contributed by atoms with Crippen molar-refractivity contribution in [2.45, 2.75) is 57.9 Å². The molecule has 1 aliphatic carbocycles. The fourth-order valence-electron chi connectivity index (χ4n) is 3.62.